The number of hydrogen-bond acceptors (Lipinski definition) is 5. The average Bonchev–Trinajstić information content (AvgIpc) is 2.53. The molecule has 0 fully saturated rings. The highest BCUT2D eigenvalue weighted by atomic mass is 35.5. The van der Waals surface area contributed by atoms with Crippen molar-refractivity contribution in [2.24, 2.45) is 5.92 Å². The monoisotopic (exact) mass is 391 g/mol. The van der Waals surface area contributed by atoms with Crippen LogP contribution in [0.25, 0.3) is 0 Å². The summed E-state index contributed by atoms with van der Waals surface area (Å²) in [6.45, 7) is 12.9. The Balaban J connectivity index is 2.58. The van der Waals surface area contributed by atoms with Crippen LogP contribution >= 0.6 is 11.6 Å². The Morgan fingerprint density at radius 1 is 1.07 bits per heavy atom. The molecule has 0 radical (unpaired) electrons. The number of carbonyl (C=O) groups excluding carboxylic acids is 2. The third kappa shape index (κ3) is 4.92. The highest BCUT2D eigenvalue weighted by Gasteiger charge is 2.43. The van der Waals surface area contributed by atoms with Gasteiger partial charge in [0, 0.05) is 22.3 Å². The van der Waals surface area contributed by atoms with Gasteiger partial charge in [-0.25, -0.2) is 4.79 Å². The number of rotatable bonds is 5. The second-order valence-corrected chi connectivity index (χ2v) is 7.57. The topological polar surface area (TPSA) is 64.6 Å². The van der Waals surface area contributed by atoms with E-state index in [0.29, 0.717) is 22.0 Å². The molecule has 6 heteroatoms. The van der Waals surface area contributed by atoms with Gasteiger partial charge in [-0.15, -0.1) is 0 Å². The molecule has 0 aliphatic carbocycles. The maximum absolute atomic E-state index is 12.8. The van der Waals surface area contributed by atoms with Crippen LogP contribution < -0.4 is 5.32 Å². The van der Waals surface area contributed by atoms with Crippen LogP contribution in [0, 0.1) is 5.92 Å². The highest BCUT2D eigenvalue weighted by molar-refractivity contribution is 6.30. The van der Waals surface area contributed by atoms with Gasteiger partial charge in [0.15, 0.2) is 0 Å². The molecule has 1 heterocycles. The first kappa shape index (κ1) is 21.0. The quantitative estimate of drug-likeness (QED) is 0.756. The van der Waals surface area contributed by atoms with E-state index >= 15 is 0 Å². The maximum Gasteiger partial charge on any atom is 0.336 e. The number of benzene rings is 1. The zero-order chi connectivity index (χ0) is 20.3. The van der Waals surface area contributed by atoms with Crippen LogP contribution in [0.15, 0.2) is 47.8 Å². The lowest BCUT2D eigenvalue weighted by Crippen LogP contribution is -2.40. The molecule has 2 atom stereocenters. The molecule has 0 aromatic heterocycles. The maximum atomic E-state index is 12.8. The summed E-state index contributed by atoms with van der Waals surface area (Å²) in [7, 11) is 0. The number of esters is 2. The van der Waals surface area contributed by atoms with Crippen molar-refractivity contribution in [1.29, 1.82) is 0 Å². The van der Waals surface area contributed by atoms with Gasteiger partial charge in [0.1, 0.15) is 5.92 Å². The molecular formula is C21H26ClNO4. The van der Waals surface area contributed by atoms with Crippen molar-refractivity contribution in [3.05, 3.63) is 58.4 Å². The number of nitrogens with one attached hydrogen (secondary N) is 1. The first-order valence-electron chi connectivity index (χ1n) is 8.95. The summed E-state index contributed by atoms with van der Waals surface area (Å²) < 4.78 is 10.9. The first-order valence-corrected chi connectivity index (χ1v) is 9.33. The van der Waals surface area contributed by atoms with Crippen LogP contribution in [0.3, 0.4) is 0 Å². The summed E-state index contributed by atoms with van der Waals surface area (Å²) in [5, 5.41) is 3.63. The van der Waals surface area contributed by atoms with Gasteiger partial charge in [0.05, 0.1) is 17.8 Å². The lowest BCUT2D eigenvalue weighted by molar-refractivity contribution is -0.152. The SMILES string of the molecule is C=C1NC(C)=C(C(=O)OC(C)C)C(c2ccc(Cl)cc2)C1C(=O)OC(C)C. The zero-order valence-corrected chi connectivity index (χ0v) is 17.1. The van der Waals surface area contributed by atoms with Gasteiger partial charge in [-0.2, -0.15) is 0 Å². The molecule has 27 heavy (non-hydrogen) atoms. The van der Waals surface area contributed by atoms with Crippen molar-refractivity contribution >= 4 is 23.5 Å². The second-order valence-electron chi connectivity index (χ2n) is 7.14. The lowest BCUT2D eigenvalue weighted by atomic mass is 9.75. The highest BCUT2D eigenvalue weighted by Crippen LogP contribution is 2.41. The number of carbonyl (C=O) groups is 2. The van der Waals surface area contributed by atoms with Crippen molar-refractivity contribution < 1.29 is 19.1 Å². The predicted octanol–water partition coefficient (Wildman–Crippen LogP) is 4.33. The summed E-state index contributed by atoms with van der Waals surface area (Å²) in [6, 6.07) is 7.06. The molecule has 0 bridgehead atoms. The van der Waals surface area contributed by atoms with E-state index < -0.39 is 23.8 Å². The first-order chi connectivity index (χ1) is 12.6. The summed E-state index contributed by atoms with van der Waals surface area (Å²) >= 11 is 6.02. The van der Waals surface area contributed by atoms with Gasteiger partial charge < -0.3 is 14.8 Å². The second kappa shape index (κ2) is 8.61. The van der Waals surface area contributed by atoms with E-state index in [4.69, 9.17) is 21.1 Å². The number of halogens is 1. The molecule has 1 aromatic carbocycles. The molecule has 1 aromatic rings. The molecule has 1 aliphatic rings. The van der Waals surface area contributed by atoms with Crippen LogP contribution in [0.5, 0.6) is 0 Å². The number of allylic oxidation sites excluding steroid dienone is 1. The van der Waals surface area contributed by atoms with Crippen molar-refractivity contribution in [1.82, 2.24) is 5.32 Å². The van der Waals surface area contributed by atoms with Gasteiger partial charge in [-0.3, -0.25) is 4.79 Å². The van der Waals surface area contributed by atoms with E-state index in [-0.39, 0.29) is 12.2 Å². The Kier molecular flexibility index (Phi) is 6.71. The molecular weight excluding hydrogens is 366 g/mol. The third-order valence-electron chi connectivity index (χ3n) is 4.17. The number of ether oxygens (including phenoxy) is 2. The minimum absolute atomic E-state index is 0.283. The minimum atomic E-state index is -0.757. The Labute approximate surface area is 165 Å². The molecule has 0 saturated heterocycles. The molecule has 0 amide bonds. The Hall–Kier alpha value is -2.27. The molecule has 1 aliphatic heterocycles. The molecule has 0 saturated carbocycles. The van der Waals surface area contributed by atoms with E-state index in [2.05, 4.69) is 11.9 Å². The molecule has 2 rings (SSSR count). The fourth-order valence-corrected chi connectivity index (χ4v) is 3.28. The van der Waals surface area contributed by atoms with Gasteiger partial charge in [-0.05, 0) is 52.3 Å². The van der Waals surface area contributed by atoms with E-state index in [1.165, 1.54) is 0 Å². The van der Waals surface area contributed by atoms with Gasteiger partial charge in [-0.1, -0.05) is 30.3 Å². The third-order valence-corrected chi connectivity index (χ3v) is 4.42. The van der Waals surface area contributed by atoms with E-state index in [9.17, 15) is 9.59 Å². The summed E-state index contributed by atoms with van der Waals surface area (Å²) in [4.78, 5) is 25.7. The van der Waals surface area contributed by atoms with Crippen molar-refractivity contribution in [2.75, 3.05) is 0 Å². The Morgan fingerprint density at radius 3 is 2.15 bits per heavy atom. The molecule has 5 nitrogen and oxygen atoms in total. The minimum Gasteiger partial charge on any atom is -0.462 e. The Bertz CT molecular complexity index is 765. The van der Waals surface area contributed by atoms with Gasteiger partial charge in [0.2, 0.25) is 0 Å². The summed E-state index contributed by atoms with van der Waals surface area (Å²) in [5.41, 5.74) is 2.25. The summed E-state index contributed by atoms with van der Waals surface area (Å²) in [5.74, 6) is -2.24. The van der Waals surface area contributed by atoms with Crippen LogP contribution in [0.4, 0.5) is 0 Å². The van der Waals surface area contributed by atoms with E-state index in [0.717, 1.165) is 5.56 Å². The number of hydrogen-bond donors (Lipinski definition) is 1. The Morgan fingerprint density at radius 2 is 1.63 bits per heavy atom. The molecule has 1 N–H and O–H groups in total. The van der Waals surface area contributed by atoms with Crippen LogP contribution in [-0.2, 0) is 19.1 Å². The van der Waals surface area contributed by atoms with Crippen LogP contribution in [-0.4, -0.2) is 24.1 Å². The predicted molar refractivity (Wildman–Crippen MR) is 105 cm³/mol. The summed E-state index contributed by atoms with van der Waals surface area (Å²) in [6.07, 6.45) is -0.566. The van der Waals surface area contributed by atoms with Crippen molar-refractivity contribution in [3.63, 3.8) is 0 Å². The van der Waals surface area contributed by atoms with Crippen molar-refractivity contribution in [3.8, 4) is 0 Å². The smallest absolute Gasteiger partial charge is 0.336 e. The fourth-order valence-electron chi connectivity index (χ4n) is 3.16. The molecule has 0 spiro atoms. The fraction of sp³-hybridized carbons (Fsp3) is 0.429. The molecule has 2 unspecified atom stereocenters. The van der Waals surface area contributed by atoms with E-state index in [1.54, 1.807) is 58.9 Å². The van der Waals surface area contributed by atoms with Gasteiger partial charge >= 0.3 is 11.9 Å². The largest absolute Gasteiger partial charge is 0.462 e. The van der Waals surface area contributed by atoms with Crippen molar-refractivity contribution in [2.45, 2.75) is 52.7 Å². The lowest BCUT2D eigenvalue weighted by Gasteiger charge is -2.35. The van der Waals surface area contributed by atoms with Crippen LogP contribution in [0.1, 0.15) is 46.1 Å². The van der Waals surface area contributed by atoms with Crippen LogP contribution in [0.2, 0.25) is 5.02 Å². The standard InChI is InChI=1S/C21H26ClNO4/c1-11(2)26-20(24)17-13(5)23-14(6)18(21(25)27-12(3)4)19(17)15-7-9-16(22)10-8-15/h7-12,17,19,23H,5H2,1-4,6H3. The van der Waals surface area contributed by atoms with Gasteiger partial charge in [0.25, 0.3) is 0 Å². The molecule has 146 valence electrons. The zero-order valence-electron chi connectivity index (χ0n) is 16.3. The van der Waals surface area contributed by atoms with E-state index in [1.807, 2.05) is 0 Å². The normalized spacial score (nSPS) is 19.9. The average molecular weight is 392 g/mol.